The quantitative estimate of drug-likeness (QED) is 0.181. The Morgan fingerprint density at radius 2 is 1.63 bits per heavy atom. The van der Waals surface area contributed by atoms with Crippen molar-refractivity contribution in [3.63, 3.8) is 0 Å². The molecule has 8 nitrogen and oxygen atoms in total. The van der Waals surface area contributed by atoms with Crippen molar-refractivity contribution in [1.29, 1.82) is 0 Å². The summed E-state index contributed by atoms with van der Waals surface area (Å²) in [6, 6.07) is 14.4. The number of fused-ring (bicyclic) bond motifs is 1. The molecule has 0 radical (unpaired) electrons. The molecule has 1 atom stereocenters. The van der Waals surface area contributed by atoms with Gasteiger partial charge in [-0.2, -0.15) is 0 Å². The number of aryl methyl sites for hydroxylation is 1. The predicted molar refractivity (Wildman–Crippen MR) is 147 cm³/mol. The molecule has 3 aromatic carbocycles. The molecule has 10 heteroatoms. The van der Waals surface area contributed by atoms with E-state index in [-0.39, 0.29) is 11.3 Å². The molecule has 0 saturated carbocycles. The van der Waals surface area contributed by atoms with Crippen LogP contribution in [-0.2, 0) is 9.59 Å². The molecular weight excluding hydrogens is 528 g/mol. The van der Waals surface area contributed by atoms with Crippen LogP contribution >= 0.6 is 22.9 Å². The Labute approximate surface area is 227 Å². The Morgan fingerprint density at radius 1 is 0.974 bits per heavy atom. The van der Waals surface area contributed by atoms with E-state index in [4.69, 9.17) is 25.8 Å². The monoisotopic (exact) mass is 550 g/mol. The third-order valence-electron chi connectivity index (χ3n) is 6.30. The van der Waals surface area contributed by atoms with Gasteiger partial charge in [0.1, 0.15) is 5.76 Å². The minimum atomic E-state index is -1.03. The number of anilines is 1. The number of aliphatic hydroxyl groups is 1. The maximum absolute atomic E-state index is 13.6. The van der Waals surface area contributed by atoms with Gasteiger partial charge in [-0.05, 0) is 66.6 Å². The van der Waals surface area contributed by atoms with Crippen LogP contribution in [0, 0.1) is 6.92 Å². The standard InChI is InChI=1S/C28H23ClN2O6S/c1-14-5-10-18-21(11-14)38-28(30-18)31-23(16-12-19(35-2)26(37-4)20(13-16)36-3)22(25(33)27(31)34)24(32)15-6-8-17(29)9-7-15/h5-13,23,32H,1-4H3/b24-22+. The summed E-state index contributed by atoms with van der Waals surface area (Å²) in [7, 11) is 4.43. The van der Waals surface area contributed by atoms with Crippen LogP contribution in [0.5, 0.6) is 17.2 Å². The van der Waals surface area contributed by atoms with Gasteiger partial charge in [-0.1, -0.05) is 29.0 Å². The van der Waals surface area contributed by atoms with Gasteiger partial charge in [0.05, 0.1) is 43.2 Å². The summed E-state index contributed by atoms with van der Waals surface area (Å²) in [6.45, 7) is 1.97. The van der Waals surface area contributed by atoms with Crippen LogP contribution in [0.4, 0.5) is 5.13 Å². The number of benzene rings is 3. The van der Waals surface area contributed by atoms with E-state index in [1.54, 1.807) is 36.4 Å². The number of amides is 1. The van der Waals surface area contributed by atoms with Crippen LogP contribution in [0.1, 0.15) is 22.7 Å². The summed E-state index contributed by atoms with van der Waals surface area (Å²) in [4.78, 5) is 33.0. The van der Waals surface area contributed by atoms with Crippen LogP contribution in [0.25, 0.3) is 16.0 Å². The molecule has 0 bridgehead atoms. The zero-order valence-electron chi connectivity index (χ0n) is 20.9. The first kappa shape index (κ1) is 25.6. The number of ether oxygens (including phenoxy) is 3. The number of carbonyl (C=O) groups is 2. The molecule has 0 spiro atoms. The number of aromatic nitrogens is 1. The summed E-state index contributed by atoms with van der Waals surface area (Å²) in [5, 5.41) is 12.1. The van der Waals surface area contributed by atoms with Gasteiger partial charge in [-0.15, -0.1) is 0 Å². The average Bonchev–Trinajstić information content (AvgIpc) is 3.45. The molecule has 5 rings (SSSR count). The number of ketones is 1. The highest BCUT2D eigenvalue weighted by atomic mass is 35.5. The lowest BCUT2D eigenvalue weighted by Crippen LogP contribution is -2.29. The van der Waals surface area contributed by atoms with Crippen molar-refractivity contribution in [1.82, 2.24) is 4.98 Å². The van der Waals surface area contributed by atoms with E-state index in [1.807, 2.05) is 25.1 Å². The van der Waals surface area contributed by atoms with Gasteiger partial charge < -0.3 is 19.3 Å². The summed E-state index contributed by atoms with van der Waals surface area (Å²) in [5.41, 5.74) is 2.44. The first-order chi connectivity index (χ1) is 18.3. The van der Waals surface area contributed by atoms with Crippen LogP contribution in [0.15, 0.2) is 60.2 Å². The van der Waals surface area contributed by atoms with E-state index in [9.17, 15) is 14.7 Å². The molecule has 2 heterocycles. The smallest absolute Gasteiger partial charge is 0.301 e. The minimum absolute atomic E-state index is 0.0953. The van der Waals surface area contributed by atoms with E-state index < -0.39 is 17.7 Å². The van der Waals surface area contributed by atoms with Crippen molar-refractivity contribution >= 4 is 55.7 Å². The SMILES string of the molecule is COc1cc(C2/C(=C(\O)c3ccc(Cl)cc3)C(=O)C(=O)N2c2nc3ccc(C)cc3s2)cc(OC)c1OC. The van der Waals surface area contributed by atoms with Crippen molar-refractivity contribution in [3.8, 4) is 17.2 Å². The second-order valence-corrected chi connectivity index (χ2v) is 10.0. The van der Waals surface area contributed by atoms with Crippen molar-refractivity contribution in [2.45, 2.75) is 13.0 Å². The van der Waals surface area contributed by atoms with E-state index in [2.05, 4.69) is 4.98 Å². The summed E-state index contributed by atoms with van der Waals surface area (Å²) in [5.74, 6) is -0.971. The maximum Gasteiger partial charge on any atom is 0.301 e. The normalized spacial score (nSPS) is 16.8. The molecule has 1 amide bonds. The number of hydrogen-bond donors (Lipinski definition) is 1. The van der Waals surface area contributed by atoms with Crippen LogP contribution in [0.3, 0.4) is 0 Å². The Morgan fingerprint density at radius 3 is 2.24 bits per heavy atom. The Hall–Kier alpha value is -4.08. The molecule has 1 aromatic heterocycles. The third kappa shape index (κ3) is 4.23. The Bertz CT molecular complexity index is 1590. The largest absolute Gasteiger partial charge is 0.507 e. The molecule has 1 aliphatic rings. The molecule has 1 N–H and O–H groups in total. The second kappa shape index (κ2) is 10.00. The van der Waals surface area contributed by atoms with Gasteiger partial charge in [-0.3, -0.25) is 14.5 Å². The first-order valence-corrected chi connectivity index (χ1v) is 12.7. The van der Waals surface area contributed by atoms with Crippen molar-refractivity contribution < 1.29 is 28.9 Å². The zero-order valence-corrected chi connectivity index (χ0v) is 22.5. The summed E-state index contributed by atoms with van der Waals surface area (Å²) in [6.07, 6.45) is 0. The first-order valence-electron chi connectivity index (χ1n) is 11.5. The maximum atomic E-state index is 13.6. The fraction of sp³-hybridized carbons (Fsp3) is 0.179. The number of methoxy groups -OCH3 is 3. The van der Waals surface area contributed by atoms with Crippen molar-refractivity contribution in [2.75, 3.05) is 26.2 Å². The number of thiazole rings is 1. The topological polar surface area (TPSA) is 98.2 Å². The van der Waals surface area contributed by atoms with Crippen molar-refractivity contribution in [2.24, 2.45) is 0 Å². The van der Waals surface area contributed by atoms with Crippen molar-refractivity contribution in [3.05, 3.63) is 81.9 Å². The van der Waals surface area contributed by atoms with E-state index in [0.717, 1.165) is 10.3 Å². The van der Waals surface area contributed by atoms with Gasteiger partial charge in [0, 0.05) is 10.6 Å². The number of rotatable bonds is 6. The van der Waals surface area contributed by atoms with Gasteiger partial charge in [0.2, 0.25) is 5.75 Å². The fourth-order valence-electron chi connectivity index (χ4n) is 4.49. The number of halogens is 1. The highest BCUT2D eigenvalue weighted by Crippen LogP contribution is 2.48. The highest BCUT2D eigenvalue weighted by Gasteiger charge is 2.48. The predicted octanol–water partition coefficient (Wildman–Crippen LogP) is 5.91. The Kier molecular flexibility index (Phi) is 6.73. The molecular formula is C28H23ClN2O6S. The molecule has 1 saturated heterocycles. The summed E-state index contributed by atoms with van der Waals surface area (Å²) >= 11 is 7.31. The molecule has 1 fully saturated rings. The lowest BCUT2D eigenvalue weighted by molar-refractivity contribution is -0.132. The molecule has 4 aromatic rings. The van der Waals surface area contributed by atoms with Crippen LogP contribution < -0.4 is 19.1 Å². The van der Waals surface area contributed by atoms with Gasteiger partial charge in [0.15, 0.2) is 16.6 Å². The van der Waals surface area contributed by atoms with E-state index >= 15 is 0 Å². The number of aliphatic hydroxyl groups excluding tert-OH is 1. The number of hydrogen-bond acceptors (Lipinski definition) is 8. The third-order valence-corrected chi connectivity index (χ3v) is 7.57. The van der Waals surface area contributed by atoms with Gasteiger partial charge >= 0.3 is 5.91 Å². The van der Waals surface area contributed by atoms with E-state index in [1.165, 1.54) is 37.6 Å². The number of carbonyl (C=O) groups excluding carboxylic acids is 2. The number of nitrogens with zero attached hydrogens (tertiary/aromatic N) is 2. The van der Waals surface area contributed by atoms with Gasteiger partial charge in [-0.25, -0.2) is 4.98 Å². The highest BCUT2D eigenvalue weighted by molar-refractivity contribution is 7.22. The zero-order chi connectivity index (χ0) is 27.1. The second-order valence-electron chi connectivity index (χ2n) is 8.60. The molecule has 38 heavy (non-hydrogen) atoms. The van der Waals surface area contributed by atoms with Gasteiger partial charge in [0.25, 0.3) is 5.78 Å². The molecule has 194 valence electrons. The van der Waals surface area contributed by atoms with Crippen LogP contribution in [0.2, 0.25) is 5.02 Å². The Balaban J connectivity index is 1.78. The molecule has 0 aliphatic carbocycles. The number of Topliss-reactive ketones (excluding diaryl/α,β-unsaturated/α-hetero) is 1. The summed E-state index contributed by atoms with van der Waals surface area (Å²) < 4.78 is 17.4. The fourth-order valence-corrected chi connectivity index (χ4v) is 5.71. The minimum Gasteiger partial charge on any atom is -0.507 e. The van der Waals surface area contributed by atoms with Crippen LogP contribution in [-0.4, -0.2) is 43.1 Å². The average molecular weight is 551 g/mol. The lowest BCUT2D eigenvalue weighted by atomic mass is 9.95. The lowest BCUT2D eigenvalue weighted by Gasteiger charge is -2.24. The molecule has 1 aliphatic heterocycles. The molecule has 1 unspecified atom stereocenters. The van der Waals surface area contributed by atoms with E-state index in [0.29, 0.717) is 44.0 Å².